The van der Waals surface area contributed by atoms with Crippen LogP contribution in [0, 0.1) is 11.8 Å². The van der Waals surface area contributed by atoms with Gasteiger partial charge in [0.2, 0.25) is 29.5 Å². The number of ether oxygens (including phenoxy) is 2. The first-order chi connectivity index (χ1) is 26.0. The van der Waals surface area contributed by atoms with Crippen molar-refractivity contribution in [2.24, 2.45) is 11.8 Å². The minimum atomic E-state index is -1.46. The zero-order valence-corrected chi connectivity index (χ0v) is 32.4. The molecular weight excluding hydrogens is 718 g/mol. The van der Waals surface area contributed by atoms with Gasteiger partial charge < -0.3 is 41.2 Å². The molecule has 0 saturated heterocycles. The standard InChI is InChI=1S/C38H57N5O12/c1-6-54-16-17-55-23-36(50)39-21-29(45)20-28(19-27-10-8-7-9-11-27)37(51)43-31(18-24(2)3)32(46)13-15-34(48)42-30(38(52)53)12-14-33(47)40-22-35(49)41-25(4)26(5)44/h7-11,24-25,28,30-31H,6,12-23H2,1-5H3,(H,39,50)(H,40,47)(H,41,49)(H,42,48)(H,43,51)(H,52,53). The first-order valence-corrected chi connectivity index (χ1v) is 18.4. The van der Waals surface area contributed by atoms with Crippen LogP contribution in [0.3, 0.4) is 0 Å². The lowest BCUT2D eigenvalue weighted by atomic mass is 9.91. The Morgan fingerprint density at radius 1 is 0.727 bits per heavy atom. The molecule has 0 spiro atoms. The van der Waals surface area contributed by atoms with E-state index in [-0.39, 0.29) is 70.0 Å². The van der Waals surface area contributed by atoms with Crippen LogP contribution in [0.25, 0.3) is 0 Å². The van der Waals surface area contributed by atoms with Crippen molar-refractivity contribution in [1.82, 2.24) is 26.6 Å². The third kappa shape index (κ3) is 22.1. The fraction of sp³-hybridized carbons (Fsp3) is 0.605. The van der Waals surface area contributed by atoms with E-state index in [9.17, 15) is 48.3 Å². The van der Waals surface area contributed by atoms with E-state index in [1.807, 2.05) is 26.8 Å². The number of benzene rings is 1. The number of Topliss-reactive ketones (excluding diaryl/α,β-unsaturated/α-hetero) is 3. The van der Waals surface area contributed by atoms with E-state index in [2.05, 4.69) is 26.6 Å². The molecule has 0 aliphatic carbocycles. The highest BCUT2D eigenvalue weighted by molar-refractivity contribution is 5.95. The van der Waals surface area contributed by atoms with Gasteiger partial charge in [-0.15, -0.1) is 0 Å². The molecule has 5 amide bonds. The van der Waals surface area contributed by atoms with Gasteiger partial charge in [-0.25, -0.2) is 4.79 Å². The van der Waals surface area contributed by atoms with Crippen molar-refractivity contribution in [3.05, 3.63) is 35.9 Å². The molecule has 4 atom stereocenters. The summed E-state index contributed by atoms with van der Waals surface area (Å²) >= 11 is 0. The highest BCUT2D eigenvalue weighted by Gasteiger charge is 2.29. The van der Waals surface area contributed by atoms with Crippen molar-refractivity contribution in [3.63, 3.8) is 0 Å². The summed E-state index contributed by atoms with van der Waals surface area (Å²) in [5.74, 6) is -6.55. The highest BCUT2D eigenvalue weighted by atomic mass is 16.5. The van der Waals surface area contributed by atoms with Crippen LogP contribution in [-0.4, -0.2) is 116 Å². The summed E-state index contributed by atoms with van der Waals surface area (Å²) in [5.41, 5.74) is 0.779. The van der Waals surface area contributed by atoms with Crippen LogP contribution in [0.4, 0.5) is 0 Å². The number of carbonyl (C=O) groups excluding carboxylic acids is 8. The summed E-state index contributed by atoms with van der Waals surface area (Å²) in [6.45, 7) is 8.37. The minimum Gasteiger partial charge on any atom is -0.480 e. The normalized spacial score (nSPS) is 13.1. The molecule has 0 aliphatic heterocycles. The van der Waals surface area contributed by atoms with Crippen LogP contribution >= 0.6 is 0 Å². The number of carbonyl (C=O) groups is 9. The van der Waals surface area contributed by atoms with E-state index < -0.39 is 84.1 Å². The smallest absolute Gasteiger partial charge is 0.326 e. The Balaban J connectivity index is 2.81. The molecule has 0 aliphatic rings. The Labute approximate surface area is 321 Å². The fourth-order valence-electron chi connectivity index (χ4n) is 5.08. The van der Waals surface area contributed by atoms with E-state index in [0.29, 0.717) is 13.2 Å². The lowest BCUT2D eigenvalue weighted by molar-refractivity contribution is -0.142. The van der Waals surface area contributed by atoms with E-state index in [1.54, 1.807) is 24.3 Å². The van der Waals surface area contributed by atoms with Gasteiger partial charge in [0.1, 0.15) is 12.6 Å². The average Bonchev–Trinajstić information content (AvgIpc) is 3.13. The van der Waals surface area contributed by atoms with Crippen molar-refractivity contribution in [3.8, 4) is 0 Å². The second-order valence-corrected chi connectivity index (χ2v) is 13.5. The molecule has 0 saturated carbocycles. The van der Waals surface area contributed by atoms with Gasteiger partial charge >= 0.3 is 5.97 Å². The molecule has 4 unspecified atom stereocenters. The molecule has 0 fully saturated rings. The third-order valence-electron chi connectivity index (χ3n) is 8.20. The molecule has 17 heteroatoms. The minimum absolute atomic E-state index is 0.0469. The van der Waals surface area contributed by atoms with Crippen LogP contribution in [0.1, 0.15) is 78.7 Å². The number of carboxylic acids is 1. The Morgan fingerprint density at radius 3 is 2.00 bits per heavy atom. The first kappa shape index (κ1) is 48.0. The van der Waals surface area contributed by atoms with Crippen LogP contribution in [0.15, 0.2) is 30.3 Å². The van der Waals surface area contributed by atoms with Gasteiger partial charge in [0.25, 0.3) is 0 Å². The van der Waals surface area contributed by atoms with Gasteiger partial charge in [0.05, 0.1) is 38.4 Å². The molecule has 6 N–H and O–H groups in total. The monoisotopic (exact) mass is 775 g/mol. The zero-order valence-electron chi connectivity index (χ0n) is 32.4. The number of rotatable bonds is 29. The Morgan fingerprint density at radius 2 is 1.38 bits per heavy atom. The van der Waals surface area contributed by atoms with E-state index in [1.165, 1.54) is 13.8 Å². The maximum Gasteiger partial charge on any atom is 0.326 e. The van der Waals surface area contributed by atoms with E-state index in [4.69, 9.17) is 9.47 Å². The maximum atomic E-state index is 13.6. The fourth-order valence-corrected chi connectivity index (χ4v) is 5.08. The molecule has 0 bridgehead atoms. The molecule has 17 nitrogen and oxygen atoms in total. The molecule has 0 heterocycles. The lowest BCUT2D eigenvalue weighted by Crippen LogP contribution is -2.46. The summed E-state index contributed by atoms with van der Waals surface area (Å²) in [7, 11) is 0. The van der Waals surface area contributed by atoms with Crippen molar-refractivity contribution >= 4 is 52.9 Å². The van der Waals surface area contributed by atoms with Crippen LogP contribution in [0.5, 0.6) is 0 Å². The number of ketones is 3. The SMILES string of the molecule is CCOCCOCC(=O)NCC(=O)CC(Cc1ccccc1)C(=O)NC(CC(C)C)C(=O)CCC(=O)NC(CCC(=O)NCC(=O)NC(C)C(C)=O)C(=O)O. The number of nitrogens with one attached hydrogen (secondary N) is 5. The number of aliphatic carboxylic acids is 1. The summed E-state index contributed by atoms with van der Waals surface area (Å²) in [6, 6.07) is 5.80. The summed E-state index contributed by atoms with van der Waals surface area (Å²) in [6.07, 6.45) is -1.17. The van der Waals surface area contributed by atoms with Crippen molar-refractivity contribution < 1.29 is 57.7 Å². The molecule has 0 aromatic heterocycles. The number of carboxylic acid groups (broad SMARTS) is 1. The molecular formula is C38H57N5O12. The molecule has 55 heavy (non-hydrogen) atoms. The second-order valence-electron chi connectivity index (χ2n) is 13.5. The van der Waals surface area contributed by atoms with Crippen LogP contribution < -0.4 is 26.6 Å². The molecule has 0 radical (unpaired) electrons. The Bertz CT molecular complexity index is 1450. The predicted molar refractivity (Wildman–Crippen MR) is 199 cm³/mol. The van der Waals surface area contributed by atoms with Crippen molar-refractivity contribution in [2.45, 2.75) is 97.7 Å². The van der Waals surface area contributed by atoms with Crippen LogP contribution in [0.2, 0.25) is 0 Å². The average molecular weight is 776 g/mol. The first-order valence-electron chi connectivity index (χ1n) is 18.4. The molecule has 1 aromatic rings. The largest absolute Gasteiger partial charge is 0.480 e. The predicted octanol–water partition coefficient (Wildman–Crippen LogP) is 0.414. The number of amides is 5. The van der Waals surface area contributed by atoms with Gasteiger partial charge in [0.15, 0.2) is 17.3 Å². The van der Waals surface area contributed by atoms with Gasteiger partial charge in [-0.05, 0) is 51.5 Å². The van der Waals surface area contributed by atoms with Gasteiger partial charge in [-0.1, -0.05) is 44.2 Å². The van der Waals surface area contributed by atoms with E-state index >= 15 is 0 Å². The van der Waals surface area contributed by atoms with Gasteiger partial charge in [-0.3, -0.25) is 38.4 Å². The van der Waals surface area contributed by atoms with Crippen molar-refractivity contribution in [1.29, 1.82) is 0 Å². The quantitative estimate of drug-likeness (QED) is 0.0606. The third-order valence-corrected chi connectivity index (χ3v) is 8.20. The van der Waals surface area contributed by atoms with Gasteiger partial charge in [-0.2, -0.15) is 0 Å². The highest BCUT2D eigenvalue weighted by Crippen LogP contribution is 2.16. The maximum absolute atomic E-state index is 13.6. The topological polar surface area (TPSA) is 252 Å². The molecule has 1 rings (SSSR count). The number of hydrogen-bond donors (Lipinski definition) is 6. The molecule has 306 valence electrons. The summed E-state index contributed by atoms with van der Waals surface area (Å²) in [5, 5.41) is 21.9. The second kappa shape index (κ2) is 26.7. The molecule has 1 aromatic carbocycles. The van der Waals surface area contributed by atoms with Crippen molar-refractivity contribution in [2.75, 3.05) is 39.5 Å². The summed E-state index contributed by atoms with van der Waals surface area (Å²) < 4.78 is 10.4. The Hall–Kier alpha value is -5.03. The lowest BCUT2D eigenvalue weighted by Gasteiger charge is -2.23. The van der Waals surface area contributed by atoms with Crippen LogP contribution in [-0.2, 0) is 59.0 Å². The van der Waals surface area contributed by atoms with E-state index in [0.717, 1.165) is 5.56 Å². The van der Waals surface area contributed by atoms with Gasteiger partial charge in [0, 0.05) is 38.2 Å². The zero-order chi connectivity index (χ0) is 41.3. The Kier molecular flexibility index (Phi) is 23.3. The number of hydrogen-bond acceptors (Lipinski definition) is 11. The summed E-state index contributed by atoms with van der Waals surface area (Å²) in [4.78, 5) is 112.